The van der Waals surface area contributed by atoms with Gasteiger partial charge >= 0.3 is 0 Å². The molecular formula is C14H19Cl2NO3S. The van der Waals surface area contributed by atoms with E-state index in [1.165, 1.54) is 6.07 Å². The van der Waals surface area contributed by atoms with E-state index in [1.807, 2.05) is 0 Å². The van der Waals surface area contributed by atoms with Crippen LogP contribution in [0.25, 0.3) is 0 Å². The van der Waals surface area contributed by atoms with Gasteiger partial charge in [-0.3, -0.25) is 0 Å². The Bertz CT molecular complexity index is 598. The van der Waals surface area contributed by atoms with E-state index in [-0.39, 0.29) is 33.5 Å². The summed E-state index contributed by atoms with van der Waals surface area (Å²) in [5.41, 5.74) is -0.365. The monoisotopic (exact) mass is 351 g/mol. The predicted molar refractivity (Wildman–Crippen MR) is 84.3 cm³/mol. The predicted octanol–water partition coefficient (Wildman–Crippen LogP) is 3.21. The fourth-order valence-electron chi connectivity index (χ4n) is 2.71. The number of hydrogen-bond acceptors (Lipinski definition) is 3. The highest BCUT2D eigenvalue weighted by atomic mass is 35.5. The van der Waals surface area contributed by atoms with E-state index >= 15 is 0 Å². The molecule has 7 heteroatoms. The van der Waals surface area contributed by atoms with Gasteiger partial charge in [-0.05, 0) is 25.0 Å². The van der Waals surface area contributed by atoms with Crippen molar-refractivity contribution < 1.29 is 13.5 Å². The van der Waals surface area contributed by atoms with Crippen LogP contribution in [0.5, 0.6) is 0 Å². The molecule has 0 aromatic heterocycles. The van der Waals surface area contributed by atoms with Crippen molar-refractivity contribution in [3.05, 3.63) is 28.2 Å². The number of aliphatic hydroxyl groups excluding tert-OH is 1. The molecular weight excluding hydrogens is 333 g/mol. The lowest BCUT2D eigenvalue weighted by molar-refractivity contribution is 0.0867. The topological polar surface area (TPSA) is 66.4 Å². The molecule has 1 aliphatic carbocycles. The van der Waals surface area contributed by atoms with E-state index in [1.54, 1.807) is 12.1 Å². The first-order valence-electron chi connectivity index (χ1n) is 6.95. The van der Waals surface area contributed by atoms with Crippen LogP contribution < -0.4 is 4.72 Å². The van der Waals surface area contributed by atoms with Gasteiger partial charge in [0.25, 0.3) is 0 Å². The summed E-state index contributed by atoms with van der Waals surface area (Å²) < 4.78 is 27.3. The van der Waals surface area contributed by atoms with E-state index in [2.05, 4.69) is 4.72 Å². The average molecular weight is 352 g/mol. The van der Waals surface area contributed by atoms with Crippen molar-refractivity contribution >= 4 is 33.2 Å². The molecule has 0 bridgehead atoms. The van der Waals surface area contributed by atoms with Crippen LogP contribution in [0.2, 0.25) is 10.0 Å². The first kappa shape index (κ1) is 17.0. The van der Waals surface area contributed by atoms with Crippen LogP contribution in [-0.4, -0.2) is 26.7 Å². The van der Waals surface area contributed by atoms with Gasteiger partial charge in [0.2, 0.25) is 10.0 Å². The van der Waals surface area contributed by atoms with E-state index in [9.17, 15) is 13.5 Å². The first-order chi connectivity index (χ1) is 9.90. The van der Waals surface area contributed by atoms with Gasteiger partial charge < -0.3 is 5.11 Å². The Morgan fingerprint density at radius 2 is 1.86 bits per heavy atom. The molecule has 1 aromatic carbocycles. The van der Waals surface area contributed by atoms with Crippen LogP contribution in [0, 0.1) is 5.41 Å². The fraction of sp³-hybridized carbons (Fsp3) is 0.571. The lowest BCUT2D eigenvalue weighted by Gasteiger charge is -2.35. The van der Waals surface area contributed by atoms with Crippen molar-refractivity contribution in [1.29, 1.82) is 0 Å². The van der Waals surface area contributed by atoms with Crippen molar-refractivity contribution in [3.8, 4) is 0 Å². The van der Waals surface area contributed by atoms with Gasteiger partial charge in [-0.2, -0.15) is 0 Å². The maximum Gasteiger partial charge on any atom is 0.242 e. The van der Waals surface area contributed by atoms with Crippen molar-refractivity contribution in [1.82, 2.24) is 4.72 Å². The Morgan fingerprint density at radius 1 is 1.19 bits per heavy atom. The Morgan fingerprint density at radius 3 is 2.48 bits per heavy atom. The summed E-state index contributed by atoms with van der Waals surface area (Å²) in [5, 5.41) is 9.85. The zero-order valence-electron chi connectivity index (χ0n) is 11.6. The Hall–Kier alpha value is -0.330. The molecule has 0 saturated heterocycles. The lowest BCUT2D eigenvalue weighted by Crippen LogP contribution is -2.41. The van der Waals surface area contributed by atoms with Crippen molar-refractivity contribution in [2.45, 2.75) is 37.0 Å². The molecule has 2 N–H and O–H groups in total. The summed E-state index contributed by atoms with van der Waals surface area (Å²) >= 11 is 11.8. The minimum Gasteiger partial charge on any atom is -0.396 e. The normalized spacial score (nSPS) is 18.6. The molecule has 1 aliphatic rings. The third kappa shape index (κ3) is 3.90. The van der Waals surface area contributed by atoms with Gasteiger partial charge in [-0.25, -0.2) is 13.1 Å². The van der Waals surface area contributed by atoms with Crippen LogP contribution in [0.15, 0.2) is 23.1 Å². The standard InChI is InChI=1S/C14H19Cl2NO3S/c15-11-5-4-6-12(13(11)16)21(19,20)17-9-14(10-18)7-2-1-3-8-14/h4-6,17-18H,1-3,7-10H2. The molecule has 1 aromatic rings. The molecule has 0 unspecified atom stereocenters. The second-order valence-corrected chi connectivity index (χ2v) is 8.12. The number of hydrogen-bond donors (Lipinski definition) is 2. The van der Waals surface area contributed by atoms with Crippen molar-refractivity contribution in [2.24, 2.45) is 5.41 Å². The van der Waals surface area contributed by atoms with Gasteiger partial charge in [0, 0.05) is 18.6 Å². The SMILES string of the molecule is O=S(=O)(NCC1(CO)CCCCC1)c1cccc(Cl)c1Cl. The number of rotatable bonds is 5. The van der Waals surface area contributed by atoms with Gasteiger partial charge in [-0.1, -0.05) is 48.5 Å². The average Bonchev–Trinajstić information content (AvgIpc) is 2.49. The molecule has 0 atom stereocenters. The third-order valence-electron chi connectivity index (χ3n) is 4.09. The molecule has 0 radical (unpaired) electrons. The molecule has 0 heterocycles. The number of halogens is 2. The van der Waals surface area contributed by atoms with Crippen molar-refractivity contribution in [3.63, 3.8) is 0 Å². The molecule has 0 aliphatic heterocycles. The molecule has 118 valence electrons. The van der Waals surface area contributed by atoms with Gasteiger partial charge in [-0.15, -0.1) is 0 Å². The maximum absolute atomic E-state index is 12.4. The van der Waals surface area contributed by atoms with Gasteiger partial charge in [0.05, 0.1) is 10.0 Å². The van der Waals surface area contributed by atoms with E-state index in [0.717, 1.165) is 32.1 Å². The zero-order valence-corrected chi connectivity index (χ0v) is 13.9. The number of nitrogens with one attached hydrogen (secondary N) is 1. The Kier molecular flexibility index (Phi) is 5.54. The molecule has 21 heavy (non-hydrogen) atoms. The van der Waals surface area contributed by atoms with E-state index in [0.29, 0.717) is 0 Å². The minimum atomic E-state index is -3.74. The molecule has 1 saturated carbocycles. The fourth-order valence-corrected chi connectivity index (χ4v) is 4.63. The third-order valence-corrected chi connectivity index (χ3v) is 6.47. The van der Waals surface area contributed by atoms with Crippen LogP contribution in [0.4, 0.5) is 0 Å². The van der Waals surface area contributed by atoms with Crippen LogP contribution in [0.3, 0.4) is 0 Å². The lowest BCUT2D eigenvalue weighted by atomic mass is 9.75. The van der Waals surface area contributed by atoms with E-state index < -0.39 is 10.0 Å². The summed E-state index contributed by atoms with van der Waals surface area (Å²) in [4.78, 5) is -0.0273. The quantitative estimate of drug-likeness (QED) is 0.855. The molecule has 2 rings (SSSR count). The summed E-state index contributed by atoms with van der Waals surface area (Å²) in [6.07, 6.45) is 4.82. The highest BCUT2D eigenvalue weighted by molar-refractivity contribution is 7.89. The Balaban J connectivity index is 2.16. The van der Waals surface area contributed by atoms with Gasteiger partial charge in [0.1, 0.15) is 4.90 Å². The van der Waals surface area contributed by atoms with Crippen molar-refractivity contribution in [2.75, 3.05) is 13.2 Å². The smallest absolute Gasteiger partial charge is 0.242 e. The second kappa shape index (κ2) is 6.84. The minimum absolute atomic E-state index is 0.0151. The van der Waals surface area contributed by atoms with Crippen LogP contribution >= 0.6 is 23.2 Å². The zero-order chi connectivity index (χ0) is 15.5. The summed E-state index contributed by atoms with van der Waals surface area (Å²) in [5.74, 6) is 0. The first-order valence-corrected chi connectivity index (χ1v) is 9.19. The summed E-state index contributed by atoms with van der Waals surface area (Å²) in [7, 11) is -3.74. The summed E-state index contributed by atoms with van der Waals surface area (Å²) in [6.45, 7) is 0.202. The van der Waals surface area contributed by atoms with E-state index in [4.69, 9.17) is 23.2 Å². The Labute approximate surface area is 135 Å². The maximum atomic E-state index is 12.4. The highest BCUT2D eigenvalue weighted by Gasteiger charge is 2.33. The van der Waals surface area contributed by atoms with Crippen LogP contribution in [-0.2, 0) is 10.0 Å². The molecule has 4 nitrogen and oxygen atoms in total. The number of sulfonamides is 1. The highest BCUT2D eigenvalue weighted by Crippen LogP contribution is 2.36. The molecule has 1 fully saturated rings. The second-order valence-electron chi connectivity index (χ2n) is 5.60. The molecule has 0 amide bonds. The largest absolute Gasteiger partial charge is 0.396 e. The number of benzene rings is 1. The number of aliphatic hydroxyl groups is 1. The van der Waals surface area contributed by atoms with Crippen LogP contribution in [0.1, 0.15) is 32.1 Å². The molecule has 0 spiro atoms. The van der Waals surface area contributed by atoms with Gasteiger partial charge in [0.15, 0.2) is 0 Å². The summed E-state index contributed by atoms with van der Waals surface area (Å²) in [6, 6.07) is 4.51.